The summed E-state index contributed by atoms with van der Waals surface area (Å²) in [6.45, 7) is 5.06. The molecular weight excluding hydrogens is 230 g/mol. The fraction of sp³-hybridized carbons (Fsp3) is 0.923. The van der Waals surface area contributed by atoms with E-state index in [1.807, 2.05) is 18.9 Å². The first kappa shape index (κ1) is 15.4. The monoisotopic (exact) mass is 257 g/mol. The maximum Gasteiger partial charge on any atom is 0.225 e. The molecule has 1 saturated heterocycles. The van der Waals surface area contributed by atoms with Gasteiger partial charge in [-0.2, -0.15) is 0 Å². The predicted molar refractivity (Wildman–Crippen MR) is 72.4 cm³/mol. The molecule has 0 aromatic rings. The number of piperidine rings is 1. The number of ether oxygens (including phenoxy) is 1. The molecule has 1 atom stereocenters. The van der Waals surface area contributed by atoms with Crippen LogP contribution in [0.2, 0.25) is 0 Å². The van der Waals surface area contributed by atoms with Crippen molar-refractivity contribution in [2.24, 2.45) is 5.73 Å². The Kier molecular flexibility index (Phi) is 6.60. The SMILES string of the molecule is CCOC(CN)CC(=O)N(C)C1CCN(C)CC1. The van der Waals surface area contributed by atoms with E-state index in [0.717, 1.165) is 25.9 Å². The highest BCUT2D eigenvalue weighted by Gasteiger charge is 2.25. The molecule has 0 radical (unpaired) electrons. The van der Waals surface area contributed by atoms with E-state index >= 15 is 0 Å². The zero-order valence-corrected chi connectivity index (χ0v) is 11.9. The van der Waals surface area contributed by atoms with Gasteiger partial charge in [0, 0.05) is 26.2 Å². The molecule has 0 aromatic carbocycles. The second-order valence-electron chi connectivity index (χ2n) is 5.06. The lowest BCUT2D eigenvalue weighted by molar-refractivity contribution is -0.135. The van der Waals surface area contributed by atoms with Crippen LogP contribution in [0.1, 0.15) is 26.2 Å². The van der Waals surface area contributed by atoms with E-state index in [9.17, 15) is 4.79 Å². The Balaban J connectivity index is 2.40. The number of nitrogens with zero attached hydrogens (tertiary/aromatic N) is 2. The molecule has 106 valence electrons. The van der Waals surface area contributed by atoms with Crippen molar-refractivity contribution >= 4 is 5.91 Å². The molecule has 1 aliphatic rings. The first-order chi connectivity index (χ1) is 8.58. The Labute approximate surface area is 110 Å². The lowest BCUT2D eigenvalue weighted by Crippen LogP contribution is -2.45. The third-order valence-electron chi connectivity index (χ3n) is 3.70. The van der Waals surface area contributed by atoms with Crippen molar-refractivity contribution in [2.45, 2.75) is 38.3 Å². The summed E-state index contributed by atoms with van der Waals surface area (Å²) >= 11 is 0. The van der Waals surface area contributed by atoms with Gasteiger partial charge in [-0.15, -0.1) is 0 Å². The lowest BCUT2D eigenvalue weighted by Gasteiger charge is -2.35. The van der Waals surface area contributed by atoms with Crippen LogP contribution < -0.4 is 5.73 Å². The van der Waals surface area contributed by atoms with E-state index in [1.54, 1.807) is 0 Å². The fourth-order valence-corrected chi connectivity index (χ4v) is 2.37. The Morgan fingerprint density at radius 2 is 2.11 bits per heavy atom. The molecule has 0 aliphatic carbocycles. The third-order valence-corrected chi connectivity index (χ3v) is 3.70. The molecule has 0 bridgehead atoms. The zero-order valence-electron chi connectivity index (χ0n) is 11.9. The minimum atomic E-state index is -0.142. The van der Waals surface area contributed by atoms with Crippen LogP contribution >= 0.6 is 0 Å². The van der Waals surface area contributed by atoms with Crippen LogP contribution in [0, 0.1) is 0 Å². The van der Waals surface area contributed by atoms with Gasteiger partial charge in [-0.25, -0.2) is 0 Å². The number of carbonyl (C=O) groups is 1. The van der Waals surface area contributed by atoms with Crippen LogP contribution in [-0.4, -0.2) is 68.2 Å². The Bertz CT molecular complexity index is 253. The Morgan fingerprint density at radius 3 is 2.61 bits per heavy atom. The summed E-state index contributed by atoms with van der Waals surface area (Å²) < 4.78 is 5.44. The summed E-state index contributed by atoms with van der Waals surface area (Å²) in [5, 5.41) is 0. The molecule has 1 amide bonds. The highest BCUT2D eigenvalue weighted by atomic mass is 16.5. The number of likely N-dealkylation sites (tertiary alicyclic amines) is 1. The van der Waals surface area contributed by atoms with Gasteiger partial charge in [-0.05, 0) is 39.9 Å². The molecule has 1 aliphatic heterocycles. The molecule has 5 nitrogen and oxygen atoms in total. The molecular formula is C13H27N3O2. The van der Waals surface area contributed by atoms with Gasteiger partial charge in [-0.1, -0.05) is 0 Å². The van der Waals surface area contributed by atoms with Gasteiger partial charge in [-0.3, -0.25) is 4.79 Å². The minimum absolute atomic E-state index is 0.142. The topological polar surface area (TPSA) is 58.8 Å². The quantitative estimate of drug-likeness (QED) is 0.743. The third kappa shape index (κ3) is 4.55. The average molecular weight is 257 g/mol. The normalized spacial score (nSPS) is 19.8. The van der Waals surface area contributed by atoms with Crippen molar-refractivity contribution in [1.29, 1.82) is 0 Å². The smallest absolute Gasteiger partial charge is 0.225 e. The number of carbonyl (C=O) groups excluding carboxylic acids is 1. The van der Waals surface area contributed by atoms with E-state index in [2.05, 4.69) is 11.9 Å². The van der Waals surface area contributed by atoms with Crippen LogP contribution in [0.15, 0.2) is 0 Å². The molecule has 0 spiro atoms. The standard InChI is InChI=1S/C13H27N3O2/c1-4-18-12(10-14)9-13(17)16(3)11-5-7-15(2)8-6-11/h11-12H,4-10,14H2,1-3H3. The van der Waals surface area contributed by atoms with E-state index < -0.39 is 0 Å². The molecule has 2 N–H and O–H groups in total. The summed E-state index contributed by atoms with van der Waals surface area (Å²) in [6.07, 6.45) is 2.37. The van der Waals surface area contributed by atoms with Crippen molar-refractivity contribution in [3.05, 3.63) is 0 Å². The van der Waals surface area contributed by atoms with E-state index in [4.69, 9.17) is 10.5 Å². The first-order valence-corrected chi connectivity index (χ1v) is 6.84. The number of amides is 1. The number of hydrogen-bond donors (Lipinski definition) is 1. The predicted octanol–water partition coefficient (Wildman–Crippen LogP) is 0.293. The van der Waals surface area contributed by atoms with E-state index in [-0.39, 0.29) is 12.0 Å². The summed E-state index contributed by atoms with van der Waals surface area (Å²) in [4.78, 5) is 16.3. The summed E-state index contributed by atoms with van der Waals surface area (Å²) in [7, 11) is 4.02. The van der Waals surface area contributed by atoms with Crippen LogP contribution in [-0.2, 0) is 9.53 Å². The van der Waals surface area contributed by atoms with Gasteiger partial charge in [0.2, 0.25) is 5.91 Å². The van der Waals surface area contributed by atoms with Crippen molar-refractivity contribution in [2.75, 3.05) is 40.3 Å². The van der Waals surface area contributed by atoms with E-state index in [0.29, 0.717) is 25.6 Å². The Hall–Kier alpha value is -0.650. The fourth-order valence-electron chi connectivity index (χ4n) is 2.37. The highest BCUT2D eigenvalue weighted by Crippen LogP contribution is 2.15. The van der Waals surface area contributed by atoms with E-state index in [1.165, 1.54) is 0 Å². The molecule has 1 heterocycles. The van der Waals surface area contributed by atoms with Gasteiger partial charge >= 0.3 is 0 Å². The lowest BCUT2D eigenvalue weighted by atomic mass is 10.0. The highest BCUT2D eigenvalue weighted by molar-refractivity contribution is 5.76. The second-order valence-corrected chi connectivity index (χ2v) is 5.06. The van der Waals surface area contributed by atoms with Gasteiger partial charge in [0.05, 0.1) is 12.5 Å². The molecule has 18 heavy (non-hydrogen) atoms. The zero-order chi connectivity index (χ0) is 13.5. The van der Waals surface area contributed by atoms with Crippen molar-refractivity contribution in [3.63, 3.8) is 0 Å². The molecule has 1 rings (SSSR count). The summed E-state index contributed by atoms with van der Waals surface area (Å²) in [5.74, 6) is 0.147. The van der Waals surface area contributed by atoms with Crippen molar-refractivity contribution in [3.8, 4) is 0 Å². The molecule has 0 aromatic heterocycles. The van der Waals surface area contributed by atoms with Gasteiger partial charge in [0.25, 0.3) is 0 Å². The molecule has 1 unspecified atom stereocenters. The van der Waals surface area contributed by atoms with Crippen LogP contribution in [0.4, 0.5) is 0 Å². The largest absolute Gasteiger partial charge is 0.377 e. The van der Waals surface area contributed by atoms with Crippen LogP contribution in [0.3, 0.4) is 0 Å². The first-order valence-electron chi connectivity index (χ1n) is 6.84. The Morgan fingerprint density at radius 1 is 1.50 bits per heavy atom. The van der Waals surface area contributed by atoms with Crippen LogP contribution in [0.5, 0.6) is 0 Å². The van der Waals surface area contributed by atoms with Gasteiger partial charge in [0.15, 0.2) is 0 Å². The number of rotatable bonds is 6. The number of hydrogen-bond acceptors (Lipinski definition) is 4. The molecule has 5 heteroatoms. The maximum absolute atomic E-state index is 12.1. The maximum atomic E-state index is 12.1. The van der Waals surface area contributed by atoms with Gasteiger partial charge in [0.1, 0.15) is 0 Å². The second kappa shape index (κ2) is 7.71. The van der Waals surface area contributed by atoms with Gasteiger partial charge < -0.3 is 20.3 Å². The molecule has 1 fully saturated rings. The minimum Gasteiger partial charge on any atom is -0.377 e. The van der Waals surface area contributed by atoms with Crippen molar-refractivity contribution in [1.82, 2.24) is 9.80 Å². The van der Waals surface area contributed by atoms with Crippen molar-refractivity contribution < 1.29 is 9.53 Å². The van der Waals surface area contributed by atoms with Crippen LogP contribution in [0.25, 0.3) is 0 Å². The summed E-state index contributed by atoms with van der Waals surface area (Å²) in [5.41, 5.74) is 5.60. The number of nitrogens with two attached hydrogens (primary N) is 1. The average Bonchev–Trinajstić information content (AvgIpc) is 2.38. The molecule has 0 saturated carbocycles. The summed E-state index contributed by atoms with van der Waals surface area (Å²) in [6, 6.07) is 0.369.